The van der Waals surface area contributed by atoms with Crippen molar-refractivity contribution in [2.45, 2.75) is 6.92 Å². The van der Waals surface area contributed by atoms with Gasteiger partial charge in [-0.3, -0.25) is 4.79 Å². The third-order valence-electron chi connectivity index (χ3n) is 3.18. The highest BCUT2D eigenvalue weighted by Gasteiger charge is 2.21. The number of anilines is 1. The van der Waals surface area contributed by atoms with E-state index in [0.717, 1.165) is 32.0 Å². The zero-order chi connectivity index (χ0) is 13.0. The summed E-state index contributed by atoms with van der Waals surface area (Å²) < 4.78 is 0. The van der Waals surface area contributed by atoms with Crippen LogP contribution in [0.1, 0.15) is 5.56 Å². The molecule has 2 rings (SSSR count). The SMILES string of the molecule is CSCC(=O)N1CCN(c2ncccc2C)CC1. The zero-order valence-electron chi connectivity index (χ0n) is 10.9. The minimum atomic E-state index is 0.250. The highest BCUT2D eigenvalue weighted by Crippen LogP contribution is 2.17. The maximum atomic E-state index is 11.8. The first-order chi connectivity index (χ1) is 8.72. The van der Waals surface area contributed by atoms with Gasteiger partial charge in [0.2, 0.25) is 5.91 Å². The lowest BCUT2D eigenvalue weighted by Gasteiger charge is -2.36. The number of amides is 1. The molecule has 1 fully saturated rings. The summed E-state index contributed by atoms with van der Waals surface area (Å²) in [6.07, 6.45) is 3.79. The van der Waals surface area contributed by atoms with Crippen molar-refractivity contribution in [2.24, 2.45) is 0 Å². The Bertz CT molecular complexity index is 416. The number of hydrogen-bond acceptors (Lipinski definition) is 4. The molecule has 0 aliphatic carbocycles. The van der Waals surface area contributed by atoms with E-state index in [-0.39, 0.29) is 5.91 Å². The molecule has 0 unspecified atom stereocenters. The Hall–Kier alpha value is -1.23. The van der Waals surface area contributed by atoms with Crippen LogP contribution in [-0.4, -0.2) is 54.0 Å². The normalized spacial score (nSPS) is 15.9. The summed E-state index contributed by atoms with van der Waals surface area (Å²) in [4.78, 5) is 20.4. The number of nitrogens with zero attached hydrogens (tertiary/aromatic N) is 3. The standard InChI is InChI=1S/C13H19N3OS/c1-11-4-3-5-14-13(11)16-8-6-15(7-9-16)12(17)10-18-2/h3-5H,6-10H2,1-2H3. The van der Waals surface area contributed by atoms with Gasteiger partial charge in [-0.15, -0.1) is 0 Å². The lowest BCUT2D eigenvalue weighted by molar-refractivity contribution is -0.128. The van der Waals surface area contributed by atoms with Gasteiger partial charge in [0, 0.05) is 32.4 Å². The summed E-state index contributed by atoms with van der Waals surface area (Å²) >= 11 is 1.59. The Morgan fingerprint density at radius 1 is 1.39 bits per heavy atom. The molecule has 0 saturated carbocycles. The van der Waals surface area contributed by atoms with Crippen molar-refractivity contribution >= 4 is 23.5 Å². The van der Waals surface area contributed by atoms with Crippen LogP contribution in [0.15, 0.2) is 18.3 Å². The number of hydrogen-bond donors (Lipinski definition) is 0. The molecule has 1 saturated heterocycles. The highest BCUT2D eigenvalue weighted by atomic mass is 32.2. The third-order valence-corrected chi connectivity index (χ3v) is 3.72. The first-order valence-corrected chi connectivity index (χ1v) is 7.55. The summed E-state index contributed by atoms with van der Waals surface area (Å²) in [5.41, 5.74) is 1.20. The quantitative estimate of drug-likeness (QED) is 0.828. The summed E-state index contributed by atoms with van der Waals surface area (Å²) in [7, 11) is 0. The van der Waals surface area contributed by atoms with Gasteiger partial charge in [-0.2, -0.15) is 11.8 Å². The maximum Gasteiger partial charge on any atom is 0.232 e. The lowest BCUT2D eigenvalue weighted by atomic mass is 10.2. The van der Waals surface area contributed by atoms with Crippen molar-refractivity contribution in [1.29, 1.82) is 0 Å². The van der Waals surface area contributed by atoms with Crippen LogP contribution < -0.4 is 4.90 Å². The predicted molar refractivity (Wildman–Crippen MR) is 76.1 cm³/mol. The molecule has 18 heavy (non-hydrogen) atoms. The van der Waals surface area contributed by atoms with Gasteiger partial charge in [-0.1, -0.05) is 6.07 Å². The van der Waals surface area contributed by atoms with E-state index in [2.05, 4.69) is 22.9 Å². The molecule has 1 aromatic heterocycles. The third kappa shape index (κ3) is 2.96. The second-order valence-corrected chi connectivity index (χ2v) is 5.31. The van der Waals surface area contributed by atoms with Gasteiger partial charge in [0.25, 0.3) is 0 Å². The van der Waals surface area contributed by atoms with Gasteiger partial charge >= 0.3 is 0 Å². The molecule has 5 heteroatoms. The van der Waals surface area contributed by atoms with Crippen LogP contribution in [0.25, 0.3) is 0 Å². The molecule has 0 spiro atoms. The van der Waals surface area contributed by atoms with Gasteiger partial charge in [-0.25, -0.2) is 4.98 Å². The number of carbonyl (C=O) groups is 1. The predicted octanol–water partition coefficient (Wildman–Crippen LogP) is 1.40. The molecule has 0 radical (unpaired) electrons. The van der Waals surface area contributed by atoms with Crippen LogP contribution in [0.4, 0.5) is 5.82 Å². The Balaban J connectivity index is 1.95. The molecular formula is C13H19N3OS. The molecule has 1 aliphatic rings. The molecular weight excluding hydrogens is 246 g/mol. The van der Waals surface area contributed by atoms with E-state index in [1.54, 1.807) is 11.8 Å². The molecule has 1 amide bonds. The van der Waals surface area contributed by atoms with Gasteiger partial charge < -0.3 is 9.80 Å². The summed E-state index contributed by atoms with van der Waals surface area (Å²) in [6, 6.07) is 4.03. The van der Waals surface area contributed by atoms with Crippen molar-refractivity contribution in [3.63, 3.8) is 0 Å². The minimum Gasteiger partial charge on any atom is -0.353 e. The van der Waals surface area contributed by atoms with Crippen LogP contribution in [0.3, 0.4) is 0 Å². The monoisotopic (exact) mass is 265 g/mol. The zero-order valence-corrected chi connectivity index (χ0v) is 11.7. The number of rotatable bonds is 3. The summed E-state index contributed by atoms with van der Waals surface area (Å²) in [6.45, 7) is 5.42. The van der Waals surface area contributed by atoms with Crippen LogP contribution in [0, 0.1) is 6.92 Å². The van der Waals surface area contributed by atoms with Crippen molar-refractivity contribution in [3.05, 3.63) is 23.9 Å². The van der Waals surface area contributed by atoms with E-state index < -0.39 is 0 Å². The Morgan fingerprint density at radius 3 is 2.72 bits per heavy atom. The van der Waals surface area contributed by atoms with E-state index in [0.29, 0.717) is 5.75 Å². The average Bonchev–Trinajstić information content (AvgIpc) is 2.40. The van der Waals surface area contributed by atoms with E-state index in [1.165, 1.54) is 5.56 Å². The minimum absolute atomic E-state index is 0.250. The fraction of sp³-hybridized carbons (Fsp3) is 0.538. The van der Waals surface area contributed by atoms with Gasteiger partial charge in [0.05, 0.1) is 5.75 Å². The van der Waals surface area contributed by atoms with E-state index in [1.807, 2.05) is 23.4 Å². The highest BCUT2D eigenvalue weighted by molar-refractivity contribution is 7.99. The molecule has 1 aromatic rings. The van der Waals surface area contributed by atoms with Crippen molar-refractivity contribution in [3.8, 4) is 0 Å². The van der Waals surface area contributed by atoms with E-state index in [4.69, 9.17) is 0 Å². The molecule has 98 valence electrons. The van der Waals surface area contributed by atoms with Crippen LogP contribution in [-0.2, 0) is 4.79 Å². The smallest absolute Gasteiger partial charge is 0.232 e. The molecule has 2 heterocycles. The topological polar surface area (TPSA) is 36.4 Å². The average molecular weight is 265 g/mol. The molecule has 0 aromatic carbocycles. The van der Waals surface area contributed by atoms with E-state index >= 15 is 0 Å². The van der Waals surface area contributed by atoms with Crippen molar-refractivity contribution in [2.75, 3.05) is 43.1 Å². The van der Waals surface area contributed by atoms with Crippen molar-refractivity contribution < 1.29 is 4.79 Å². The lowest BCUT2D eigenvalue weighted by Crippen LogP contribution is -2.49. The largest absolute Gasteiger partial charge is 0.353 e. The fourth-order valence-corrected chi connectivity index (χ4v) is 2.62. The second kappa shape index (κ2) is 6.09. The Labute approximate surface area is 112 Å². The number of carbonyl (C=O) groups excluding carboxylic acids is 1. The van der Waals surface area contributed by atoms with Crippen LogP contribution in [0.2, 0.25) is 0 Å². The van der Waals surface area contributed by atoms with Crippen molar-refractivity contribution in [1.82, 2.24) is 9.88 Å². The van der Waals surface area contributed by atoms with Gasteiger partial charge in [0.15, 0.2) is 0 Å². The molecule has 0 atom stereocenters. The number of thioether (sulfide) groups is 1. The summed E-state index contributed by atoms with van der Waals surface area (Å²) in [5, 5.41) is 0. The Morgan fingerprint density at radius 2 is 2.11 bits per heavy atom. The maximum absolute atomic E-state index is 11.8. The second-order valence-electron chi connectivity index (χ2n) is 4.44. The Kier molecular flexibility index (Phi) is 4.47. The first-order valence-electron chi connectivity index (χ1n) is 6.15. The van der Waals surface area contributed by atoms with Crippen LogP contribution >= 0.6 is 11.8 Å². The van der Waals surface area contributed by atoms with Gasteiger partial charge in [-0.05, 0) is 24.8 Å². The van der Waals surface area contributed by atoms with Crippen LogP contribution in [0.5, 0.6) is 0 Å². The number of piperazine rings is 1. The molecule has 4 nitrogen and oxygen atoms in total. The van der Waals surface area contributed by atoms with E-state index in [9.17, 15) is 4.79 Å². The molecule has 0 bridgehead atoms. The molecule has 1 aliphatic heterocycles. The number of aromatic nitrogens is 1. The number of aryl methyl sites for hydroxylation is 1. The number of pyridine rings is 1. The summed E-state index contributed by atoms with van der Waals surface area (Å²) in [5.74, 6) is 1.89. The first kappa shape index (κ1) is 13.2. The fourth-order valence-electron chi connectivity index (χ4n) is 2.19. The molecule has 0 N–H and O–H groups in total. The van der Waals surface area contributed by atoms with Gasteiger partial charge in [0.1, 0.15) is 5.82 Å².